The van der Waals surface area contributed by atoms with Gasteiger partial charge in [-0.25, -0.2) is 0 Å². The van der Waals surface area contributed by atoms with Crippen molar-refractivity contribution in [2.45, 2.75) is 26.5 Å². The molecule has 0 bridgehead atoms. The first-order valence-corrected chi connectivity index (χ1v) is 9.21. The molecular weight excluding hydrogens is 332 g/mol. The van der Waals surface area contributed by atoms with E-state index in [1.807, 2.05) is 24.3 Å². The van der Waals surface area contributed by atoms with Crippen LogP contribution in [0.25, 0.3) is 11.0 Å². The normalized spacial score (nSPS) is 16.9. The third-order valence-electron chi connectivity index (χ3n) is 4.95. The quantitative estimate of drug-likeness (QED) is 0.822. The molecule has 1 aliphatic rings. The maximum absolute atomic E-state index is 12.8. The van der Waals surface area contributed by atoms with Gasteiger partial charge in [0.2, 0.25) is 0 Å². The highest BCUT2D eigenvalue weighted by Crippen LogP contribution is 2.26. The minimum Gasteiger partial charge on any atom is -0.451 e. The average molecular weight is 360 g/mol. The van der Waals surface area contributed by atoms with Gasteiger partial charge in [-0.1, -0.05) is 32.0 Å². The van der Waals surface area contributed by atoms with E-state index in [0.717, 1.165) is 37.3 Å². The van der Waals surface area contributed by atoms with Crippen LogP contribution in [0.1, 0.15) is 30.0 Å². The van der Waals surface area contributed by atoms with Crippen molar-refractivity contribution in [3.8, 4) is 0 Å². The molecule has 1 amide bonds. The van der Waals surface area contributed by atoms with Crippen molar-refractivity contribution in [3.05, 3.63) is 35.6 Å². The van der Waals surface area contributed by atoms with Gasteiger partial charge in [-0.3, -0.25) is 9.69 Å². The van der Waals surface area contributed by atoms with Crippen LogP contribution in [-0.2, 0) is 16.1 Å². The molecule has 1 N–H and O–H groups in total. The first-order valence-electron chi connectivity index (χ1n) is 9.21. The Morgan fingerprint density at radius 3 is 2.69 bits per heavy atom. The van der Waals surface area contributed by atoms with Crippen molar-refractivity contribution in [1.82, 2.24) is 10.2 Å². The van der Waals surface area contributed by atoms with Crippen LogP contribution in [0.15, 0.2) is 28.7 Å². The van der Waals surface area contributed by atoms with Crippen LogP contribution in [0, 0.1) is 5.92 Å². The van der Waals surface area contributed by atoms with Crippen molar-refractivity contribution in [1.29, 1.82) is 0 Å². The smallest absolute Gasteiger partial charge is 0.287 e. The van der Waals surface area contributed by atoms with E-state index in [-0.39, 0.29) is 11.9 Å². The number of carbonyl (C=O) groups excluding carboxylic acids is 1. The number of benzene rings is 1. The monoisotopic (exact) mass is 360 g/mol. The third-order valence-corrected chi connectivity index (χ3v) is 4.95. The van der Waals surface area contributed by atoms with Gasteiger partial charge in [-0.2, -0.15) is 0 Å². The number of ether oxygens (including phenoxy) is 2. The number of furan rings is 1. The second-order valence-electron chi connectivity index (χ2n) is 7.01. The highest BCUT2D eigenvalue weighted by atomic mass is 16.5. The predicted molar refractivity (Wildman–Crippen MR) is 100 cm³/mol. The second-order valence-corrected chi connectivity index (χ2v) is 7.01. The number of morpholine rings is 1. The molecule has 1 fully saturated rings. The Morgan fingerprint density at radius 1 is 1.27 bits per heavy atom. The molecule has 1 atom stereocenters. The van der Waals surface area contributed by atoms with Gasteiger partial charge < -0.3 is 19.2 Å². The number of para-hydroxylation sites is 1. The summed E-state index contributed by atoms with van der Waals surface area (Å²) in [5.41, 5.74) is 1.51. The summed E-state index contributed by atoms with van der Waals surface area (Å²) in [4.78, 5) is 15.2. The van der Waals surface area contributed by atoms with Crippen LogP contribution < -0.4 is 5.32 Å². The van der Waals surface area contributed by atoms with E-state index in [1.165, 1.54) is 0 Å². The number of fused-ring (bicyclic) bond motifs is 1. The van der Waals surface area contributed by atoms with E-state index < -0.39 is 0 Å². The molecule has 0 aliphatic carbocycles. The standard InChI is InChI=1S/C20H28N2O4/c1-14(2)17(22-8-10-25-11-9-22)12-21-20(23)19-16(13-24-3)15-6-4-5-7-18(15)26-19/h4-7,14,17H,8-13H2,1-3H3,(H,21,23). The first-order chi connectivity index (χ1) is 12.6. The largest absolute Gasteiger partial charge is 0.451 e. The molecule has 6 nitrogen and oxygen atoms in total. The van der Waals surface area contributed by atoms with Gasteiger partial charge in [-0.05, 0) is 12.0 Å². The van der Waals surface area contributed by atoms with Crippen LogP contribution in [0.4, 0.5) is 0 Å². The molecule has 1 saturated heterocycles. The summed E-state index contributed by atoms with van der Waals surface area (Å²) in [6, 6.07) is 7.94. The number of rotatable bonds is 7. The van der Waals surface area contributed by atoms with Gasteiger partial charge in [0, 0.05) is 43.7 Å². The van der Waals surface area contributed by atoms with Crippen molar-refractivity contribution < 1.29 is 18.7 Å². The molecule has 1 unspecified atom stereocenters. The molecular formula is C20H28N2O4. The van der Waals surface area contributed by atoms with E-state index in [4.69, 9.17) is 13.9 Å². The highest BCUT2D eigenvalue weighted by molar-refractivity contribution is 5.99. The topological polar surface area (TPSA) is 63.9 Å². The Kier molecular flexibility index (Phi) is 6.29. The maximum atomic E-state index is 12.8. The fourth-order valence-electron chi connectivity index (χ4n) is 3.54. The maximum Gasteiger partial charge on any atom is 0.287 e. The van der Waals surface area contributed by atoms with E-state index >= 15 is 0 Å². The van der Waals surface area contributed by atoms with Crippen LogP contribution >= 0.6 is 0 Å². The molecule has 2 heterocycles. The molecule has 142 valence electrons. The van der Waals surface area contributed by atoms with Crippen molar-refractivity contribution in [3.63, 3.8) is 0 Å². The average Bonchev–Trinajstić information content (AvgIpc) is 3.02. The SMILES string of the molecule is COCc1c(C(=O)NCC(C(C)C)N2CCOCC2)oc2ccccc12. The first kappa shape index (κ1) is 18.9. The molecule has 26 heavy (non-hydrogen) atoms. The summed E-state index contributed by atoms with van der Waals surface area (Å²) in [5, 5.41) is 3.99. The van der Waals surface area contributed by atoms with Gasteiger partial charge >= 0.3 is 0 Å². The zero-order chi connectivity index (χ0) is 18.5. The number of amides is 1. The Hall–Kier alpha value is -1.89. The van der Waals surface area contributed by atoms with Crippen molar-refractivity contribution in [2.75, 3.05) is 40.0 Å². The summed E-state index contributed by atoms with van der Waals surface area (Å²) in [5.74, 6) is 0.590. The van der Waals surface area contributed by atoms with E-state index in [1.54, 1.807) is 7.11 Å². The van der Waals surface area contributed by atoms with Crippen molar-refractivity contribution >= 4 is 16.9 Å². The number of hydrogen-bond donors (Lipinski definition) is 1. The van der Waals surface area contributed by atoms with E-state index in [9.17, 15) is 4.79 Å². The fraction of sp³-hybridized carbons (Fsp3) is 0.550. The van der Waals surface area contributed by atoms with Crippen LogP contribution in [0.3, 0.4) is 0 Å². The van der Waals surface area contributed by atoms with Gasteiger partial charge in [0.05, 0.1) is 19.8 Å². The Bertz CT molecular complexity index is 734. The molecule has 0 spiro atoms. The van der Waals surface area contributed by atoms with Gasteiger partial charge in [0.15, 0.2) is 5.76 Å². The van der Waals surface area contributed by atoms with Crippen LogP contribution in [-0.4, -0.2) is 56.8 Å². The van der Waals surface area contributed by atoms with Gasteiger partial charge in [0.25, 0.3) is 5.91 Å². The summed E-state index contributed by atoms with van der Waals surface area (Å²) in [6.45, 7) is 8.60. The van der Waals surface area contributed by atoms with E-state index in [0.29, 0.717) is 30.4 Å². The van der Waals surface area contributed by atoms with Crippen molar-refractivity contribution in [2.24, 2.45) is 5.92 Å². The highest BCUT2D eigenvalue weighted by Gasteiger charge is 2.26. The summed E-state index contributed by atoms with van der Waals surface area (Å²) in [6.07, 6.45) is 0. The Morgan fingerprint density at radius 2 is 2.00 bits per heavy atom. The number of nitrogens with one attached hydrogen (secondary N) is 1. The molecule has 2 aromatic rings. The third kappa shape index (κ3) is 4.09. The number of carbonyl (C=O) groups is 1. The van der Waals surface area contributed by atoms with E-state index in [2.05, 4.69) is 24.1 Å². The van der Waals surface area contributed by atoms with Gasteiger partial charge in [0.1, 0.15) is 5.58 Å². The second kappa shape index (κ2) is 8.66. The molecule has 6 heteroatoms. The molecule has 0 saturated carbocycles. The number of methoxy groups -OCH3 is 1. The van der Waals surface area contributed by atoms with Gasteiger partial charge in [-0.15, -0.1) is 0 Å². The lowest BCUT2D eigenvalue weighted by atomic mass is 10.0. The minimum absolute atomic E-state index is 0.188. The Labute approximate surface area is 154 Å². The lowest BCUT2D eigenvalue weighted by Crippen LogP contribution is -2.51. The Balaban J connectivity index is 1.74. The lowest BCUT2D eigenvalue weighted by Gasteiger charge is -2.36. The zero-order valence-corrected chi connectivity index (χ0v) is 15.8. The summed E-state index contributed by atoms with van der Waals surface area (Å²) in [7, 11) is 1.62. The summed E-state index contributed by atoms with van der Waals surface area (Å²) >= 11 is 0. The molecule has 3 rings (SSSR count). The number of hydrogen-bond acceptors (Lipinski definition) is 5. The zero-order valence-electron chi connectivity index (χ0n) is 15.8. The fourth-order valence-corrected chi connectivity index (χ4v) is 3.54. The number of nitrogens with zero attached hydrogens (tertiary/aromatic N) is 1. The lowest BCUT2D eigenvalue weighted by molar-refractivity contribution is 0.00665. The van der Waals surface area contributed by atoms with Crippen LogP contribution in [0.5, 0.6) is 0 Å². The summed E-state index contributed by atoms with van der Waals surface area (Å²) < 4.78 is 16.6. The molecule has 0 radical (unpaired) electrons. The van der Waals surface area contributed by atoms with Crippen LogP contribution in [0.2, 0.25) is 0 Å². The molecule has 1 aromatic heterocycles. The molecule has 1 aromatic carbocycles. The predicted octanol–water partition coefficient (Wildman–Crippen LogP) is 2.67. The minimum atomic E-state index is -0.188. The molecule has 1 aliphatic heterocycles.